The van der Waals surface area contributed by atoms with Crippen LogP contribution in [0.1, 0.15) is 42.6 Å². The van der Waals surface area contributed by atoms with E-state index in [9.17, 15) is 9.59 Å². The van der Waals surface area contributed by atoms with Crippen LogP contribution in [-0.2, 0) is 11.2 Å². The monoisotopic (exact) mass is 441 g/mol. The van der Waals surface area contributed by atoms with Crippen molar-refractivity contribution in [2.75, 3.05) is 26.0 Å². The molecule has 6 nitrogen and oxygen atoms in total. The van der Waals surface area contributed by atoms with E-state index in [1.165, 1.54) is 0 Å². The third-order valence-corrected chi connectivity index (χ3v) is 4.83. The molecule has 0 bridgehead atoms. The maximum absolute atomic E-state index is 12.7. The summed E-state index contributed by atoms with van der Waals surface area (Å²) in [6.07, 6.45) is 1.98. The largest absolute Gasteiger partial charge is 0.493 e. The minimum absolute atomic E-state index is 0.0791. The lowest BCUT2D eigenvalue weighted by Gasteiger charge is -2.14. The lowest BCUT2D eigenvalue weighted by atomic mass is 10.1. The van der Waals surface area contributed by atoms with E-state index in [1.807, 2.05) is 30.3 Å². The first-order chi connectivity index (χ1) is 14.8. The van der Waals surface area contributed by atoms with Gasteiger partial charge in [0.15, 0.2) is 5.11 Å². The molecule has 0 aliphatic heterocycles. The van der Waals surface area contributed by atoms with Crippen molar-refractivity contribution in [3.05, 3.63) is 59.7 Å². The van der Waals surface area contributed by atoms with Crippen LogP contribution in [0.3, 0.4) is 0 Å². The Morgan fingerprint density at radius 3 is 2.55 bits per heavy atom. The molecule has 0 saturated carbocycles. The number of ether oxygens (including phenoxy) is 1. The van der Waals surface area contributed by atoms with Gasteiger partial charge in [0.25, 0.3) is 5.91 Å². The molecule has 0 aliphatic carbocycles. The number of carbonyl (C=O) groups is 2. The molecule has 0 unspecified atom stereocenters. The van der Waals surface area contributed by atoms with Crippen LogP contribution >= 0.6 is 12.2 Å². The summed E-state index contributed by atoms with van der Waals surface area (Å²) >= 11 is 5.32. The van der Waals surface area contributed by atoms with E-state index in [0.29, 0.717) is 36.7 Å². The Hall–Kier alpha value is -2.93. The molecule has 0 saturated heterocycles. The highest BCUT2D eigenvalue weighted by Gasteiger charge is 2.14. The van der Waals surface area contributed by atoms with Crippen molar-refractivity contribution >= 4 is 34.8 Å². The summed E-state index contributed by atoms with van der Waals surface area (Å²) in [7, 11) is 3.49. The highest BCUT2D eigenvalue weighted by atomic mass is 32.1. The Morgan fingerprint density at radius 1 is 1.10 bits per heavy atom. The number of benzene rings is 2. The first kappa shape index (κ1) is 24.3. The Morgan fingerprint density at radius 2 is 1.84 bits per heavy atom. The summed E-state index contributed by atoms with van der Waals surface area (Å²) in [5.41, 5.74) is 2.20. The molecule has 31 heavy (non-hydrogen) atoms. The predicted molar refractivity (Wildman–Crippen MR) is 129 cm³/mol. The molecule has 0 spiro atoms. The van der Waals surface area contributed by atoms with Gasteiger partial charge in [-0.25, -0.2) is 0 Å². The zero-order valence-electron chi connectivity index (χ0n) is 18.6. The molecule has 2 aromatic carbocycles. The average Bonchev–Trinajstić information content (AvgIpc) is 2.72. The molecule has 0 heterocycles. The molecular weight excluding hydrogens is 410 g/mol. The first-order valence-electron chi connectivity index (χ1n) is 10.4. The Labute approximate surface area is 190 Å². The van der Waals surface area contributed by atoms with E-state index in [2.05, 4.69) is 24.5 Å². The van der Waals surface area contributed by atoms with Crippen molar-refractivity contribution in [3.63, 3.8) is 0 Å². The van der Waals surface area contributed by atoms with Crippen LogP contribution in [0.2, 0.25) is 0 Å². The fourth-order valence-electron chi connectivity index (χ4n) is 2.80. The fourth-order valence-corrected chi connectivity index (χ4v) is 3.01. The number of para-hydroxylation sites is 1. The molecule has 166 valence electrons. The molecule has 2 N–H and O–H groups in total. The standard InChI is InChI=1S/C24H31N3O3S/c1-17(2)14-15-30-21-11-6-5-10-20(21)23(29)26-24(31)25-19-9-7-8-18(16-19)12-13-22(28)27(3)4/h5-11,16-17H,12-15H2,1-4H3,(H2,25,26,29,31). The van der Waals surface area contributed by atoms with Crippen LogP contribution in [0.4, 0.5) is 5.69 Å². The van der Waals surface area contributed by atoms with Crippen LogP contribution in [0.25, 0.3) is 0 Å². The second-order valence-electron chi connectivity index (χ2n) is 7.92. The number of hydrogen-bond donors (Lipinski definition) is 2. The molecule has 0 radical (unpaired) electrons. The Bertz CT molecular complexity index is 912. The van der Waals surface area contributed by atoms with E-state index in [0.717, 1.165) is 17.7 Å². The van der Waals surface area contributed by atoms with Crippen molar-refractivity contribution in [1.82, 2.24) is 10.2 Å². The van der Waals surface area contributed by atoms with Crippen molar-refractivity contribution in [2.24, 2.45) is 5.92 Å². The third kappa shape index (κ3) is 8.38. The lowest BCUT2D eigenvalue weighted by Crippen LogP contribution is -2.34. The Kier molecular flexibility index (Phi) is 9.46. The van der Waals surface area contributed by atoms with Gasteiger partial charge < -0.3 is 15.0 Å². The topological polar surface area (TPSA) is 70.7 Å². The van der Waals surface area contributed by atoms with Gasteiger partial charge in [0, 0.05) is 26.2 Å². The molecule has 7 heteroatoms. The Balaban J connectivity index is 1.95. The highest BCUT2D eigenvalue weighted by Crippen LogP contribution is 2.19. The van der Waals surface area contributed by atoms with Crippen LogP contribution < -0.4 is 15.4 Å². The second kappa shape index (κ2) is 12.1. The van der Waals surface area contributed by atoms with Crippen molar-refractivity contribution < 1.29 is 14.3 Å². The fraction of sp³-hybridized carbons (Fsp3) is 0.375. The molecule has 2 amide bonds. The van der Waals surface area contributed by atoms with Crippen LogP contribution in [-0.4, -0.2) is 42.5 Å². The van der Waals surface area contributed by atoms with E-state index < -0.39 is 0 Å². The van der Waals surface area contributed by atoms with Gasteiger partial charge in [-0.05, 0) is 60.8 Å². The molecule has 2 rings (SSSR count). The van der Waals surface area contributed by atoms with E-state index >= 15 is 0 Å². The summed E-state index contributed by atoms with van der Waals surface area (Å²) in [6.45, 7) is 4.80. The van der Waals surface area contributed by atoms with Gasteiger partial charge in [0.05, 0.1) is 12.2 Å². The molecular formula is C24H31N3O3S. The number of carbonyl (C=O) groups excluding carboxylic acids is 2. The summed E-state index contributed by atoms with van der Waals surface area (Å²) in [5, 5.41) is 5.94. The summed E-state index contributed by atoms with van der Waals surface area (Å²) < 4.78 is 5.79. The van der Waals surface area contributed by atoms with Crippen LogP contribution in [0, 0.1) is 5.92 Å². The summed E-state index contributed by atoms with van der Waals surface area (Å²) in [4.78, 5) is 26.1. The van der Waals surface area contributed by atoms with Gasteiger partial charge in [-0.1, -0.05) is 38.1 Å². The van der Waals surface area contributed by atoms with Crippen LogP contribution in [0.15, 0.2) is 48.5 Å². The summed E-state index contributed by atoms with van der Waals surface area (Å²) in [6, 6.07) is 14.8. The minimum Gasteiger partial charge on any atom is -0.493 e. The van der Waals surface area contributed by atoms with Crippen LogP contribution in [0.5, 0.6) is 5.75 Å². The average molecular weight is 442 g/mol. The van der Waals surface area contributed by atoms with Crippen molar-refractivity contribution in [1.29, 1.82) is 0 Å². The predicted octanol–water partition coefficient (Wildman–Crippen LogP) is 4.26. The van der Waals surface area contributed by atoms with Gasteiger partial charge in [0.2, 0.25) is 5.91 Å². The first-order valence-corrected chi connectivity index (χ1v) is 10.8. The minimum atomic E-state index is -0.328. The van der Waals surface area contributed by atoms with Gasteiger partial charge in [-0.2, -0.15) is 0 Å². The quantitative estimate of drug-likeness (QED) is 0.569. The smallest absolute Gasteiger partial charge is 0.261 e. The maximum atomic E-state index is 12.7. The van der Waals surface area contributed by atoms with Gasteiger partial charge in [0.1, 0.15) is 5.75 Å². The number of nitrogens with zero attached hydrogens (tertiary/aromatic N) is 1. The molecule has 0 aromatic heterocycles. The van der Waals surface area contributed by atoms with Gasteiger partial charge >= 0.3 is 0 Å². The number of thiocarbonyl (C=S) groups is 1. The number of anilines is 1. The number of nitrogens with one attached hydrogen (secondary N) is 2. The highest BCUT2D eigenvalue weighted by molar-refractivity contribution is 7.80. The number of aryl methyl sites for hydroxylation is 1. The third-order valence-electron chi connectivity index (χ3n) is 4.62. The number of hydrogen-bond acceptors (Lipinski definition) is 4. The van der Waals surface area contributed by atoms with E-state index in [4.69, 9.17) is 17.0 Å². The zero-order chi connectivity index (χ0) is 22.8. The normalized spacial score (nSPS) is 10.5. The van der Waals surface area contributed by atoms with Crippen molar-refractivity contribution in [2.45, 2.75) is 33.1 Å². The molecule has 0 fully saturated rings. The molecule has 0 atom stereocenters. The summed E-state index contributed by atoms with van der Waals surface area (Å²) in [5.74, 6) is 0.811. The lowest BCUT2D eigenvalue weighted by molar-refractivity contribution is -0.128. The second-order valence-corrected chi connectivity index (χ2v) is 8.33. The SMILES string of the molecule is CC(C)CCOc1ccccc1C(=O)NC(=S)Nc1cccc(CCC(=O)N(C)C)c1. The zero-order valence-corrected chi connectivity index (χ0v) is 19.4. The van der Waals surface area contributed by atoms with Gasteiger partial charge in [-0.15, -0.1) is 0 Å². The number of rotatable bonds is 9. The van der Waals surface area contributed by atoms with Gasteiger partial charge in [-0.3, -0.25) is 14.9 Å². The van der Waals surface area contributed by atoms with E-state index in [-0.39, 0.29) is 16.9 Å². The molecule has 0 aliphatic rings. The van der Waals surface area contributed by atoms with Crippen molar-refractivity contribution in [3.8, 4) is 5.75 Å². The number of amides is 2. The molecule has 2 aromatic rings. The maximum Gasteiger partial charge on any atom is 0.261 e. The van der Waals surface area contributed by atoms with E-state index in [1.54, 1.807) is 37.2 Å².